The van der Waals surface area contributed by atoms with Crippen LogP contribution in [0.2, 0.25) is 0 Å². The summed E-state index contributed by atoms with van der Waals surface area (Å²) in [6, 6.07) is 12.0. The van der Waals surface area contributed by atoms with E-state index in [1.54, 1.807) is 30.3 Å². The molecular weight excluding hydrogens is 243 g/mol. The lowest BCUT2D eigenvalue weighted by Crippen LogP contribution is -1.99. The Labute approximate surface area is 98.3 Å². The molecule has 0 aliphatic carbocycles. The lowest BCUT2D eigenvalue weighted by atomic mass is 10.1. The molecule has 0 unspecified atom stereocenters. The number of hydrogen-bond acceptors (Lipinski definition) is 2. The second kappa shape index (κ2) is 4.27. The number of rotatable bonds is 2. The van der Waals surface area contributed by atoms with E-state index < -0.39 is 20.8 Å². The van der Waals surface area contributed by atoms with Gasteiger partial charge in [-0.1, -0.05) is 36.4 Å². The van der Waals surface area contributed by atoms with Crippen LogP contribution in [0.25, 0.3) is 11.1 Å². The second-order valence-corrected chi connectivity index (χ2v) is 4.90. The Kier molecular flexibility index (Phi) is 2.95. The van der Waals surface area contributed by atoms with Gasteiger partial charge in [-0.05, 0) is 17.7 Å². The number of halogens is 1. The minimum absolute atomic E-state index is 0.290. The summed E-state index contributed by atoms with van der Waals surface area (Å²) in [5, 5.41) is 0. The van der Waals surface area contributed by atoms with Gasteiger partial charge >= 0.3 is 0 Å². The van der Waals surface area contributed by atoms with Crippen LogP contribution in [0.15, 0.2) is 53.4 Å². The molecule has 2 aromatic rings. The molecule has 3 nitrogen and oxygen atoms in total. The Hall–Kier alpha value is -1.72. The van der Waals surface area contributed by atoms with E-state index in [1.807, 2.05) is 0 Å². The van der Waals surface area contributed by atoms with E-state index in [0.29, 0.717) is 5.56 Å². The van der Waals surface area contributed by atoms with Gasteiger partial charge in [-0.25, -0.2) is 4.39 Å². The van der Waals surface area contributed by atoms with Crippen LogP contribution in [0.3, 0.4) is 0 Å². The highest BCUT2D eigenvalue weighted by Crippen LogP contribution is 2.24. The Morgan fingerprint density at radius 1 is 1.00 bits per heavy atom. The van der Waals surface area contributed by atoms with E-state index in [0.717, 1.165) is 6.07 Å². The highest BCUT2D eigenvalue weighted by Gasteiger charge is 2.13. The van der Waals surface area contributed by atoms with Crippen LogP contribution < -0.4 is 0 Å². The van der Waals surface area contributed by atoms with Crippen LogP contribution >= 0.6 is 0 Å². The van der Waals surface area contributed by atoms with Gasteiger partial charge in [0.25, 0.3) is 10.1 Å². The Morgan fingerprint density at radius 2 is 1.65 bits per heavy atom. The molecule has 2 rings (SSSR count). The van der Waals surface area contributed by atoms with Gasteiger partial charge in [-0.3, -0.25) is 4.55 Å². The van der Waals surface area contributed by atoms with Crippen LogP contribution in [-0.2, 0) is 10.1 Å². The molecule has 0 saturated heterocycles. The summed E-state index contributed by atoms with van der Waals surface area (Å²) in [6.45, 7) is 0. The van der Waals surface area contributed by atoms with Crippen LogP contribution in [-0.4, -0.2) is 13.0 Å². The van der Waals surface area contributed by atoms with Crippen molar-refractivity contribution in [1.82, 2.24) is 0 Å². The maximum Gasteiger partial charge on any atom is 0.294 e. The fraction of sp³-hybridized carbons (Fsp3) is 0. The van der Waals surface area contributed by atoms with Crippen LogP contribution in [0.1, 0.15) is 0 Å². The maximum absolute atomic E-state index is 13.7. The average molecular weight is 252 g/mol. The van der Waals surface area contributed by atoms with Crippen molar-refractivity contribution in [3.63, 3.8) is 0 Å². The van der Waals surface area contributed by atoms with Crippen LogP contribution in [0, 0.1) is 5.82 Å². The Morgan fingerprint density at radius 3 is 2.18 bits per heavy atom. The van der Waals surface area contributed by atoms with Crippen LogP contribution in [0.4, 0.5) is 4.39 Å². The van der Waals surface area contributed by atoms with Crippen molar-refractivity contribution in [2.75, 3.05) is 0 Å². The molecule has 1 N–H and O–H groups in total. The molecule has 0 aliphatic rings. The van der Waals surface area contributed by atoms with Crippen molar-refractivity contribution < 1.29 is 17.4 Å². The lowest BCUT2D eigenvalue weighted by molar-refractivity contribution is 0.482. The predicted molar refractivity (Wildman–Crippen MR) is 61.7 cm³/mol. The zero-order valence-electron chi connectivity index (χ0n) is 8.67. The first-order chi connectivity index (χ1) is 7.98. The average Bonchev–Trinajstić information content (AvgIpc) is 2.29. The Bertz CT molecular complexity index is 636. The lowest BCUT2D eigenvalue weighted by Gasteiger charge is -2.04. The quantitative estimate of drug-likeness (QED) is 0.836. The van der Waals surface area contributed by atoms with Gasteiger partial charge in [0.05, 0.1) is 4.90 Å². The van der Waals surface area contributed by atoms with Gasteiger partial charge in [0, 0.05) is 5.56 Å². The summed E-state index contributed by atoms with van der Waals surface area (Å²) in [5.74, 6) is -0.689. The van der Waals surface area contributed by atoms with Gasteiger partial charge in [0.1, 0.15) is 5.82 Å². The molecular formula is C12H9FO3S. The predicted octanol–water partition coefficient (Wildman–Crippen LogP) is 2.74. The van der Waals surface area contributed by atoms with Crippen molar-refractivity contribution in [3.8, 4) is 11.1 Å². The minimum atomic E-state index is -4.36. The fourth-order valence-electron chi connectivity index (χ4n) is 1.51. The Balaban J connectivity index is 2.54. The van der Waals surface area contributed by atoms with Gasteiger partial charge in [0.15, 0.2) is 0 Å². The standard InChI is InChI=1S/C12H9FO3S/c13-12-8-10(17(14,15)16)6-7-11(12)9-4-2-1-3-5-9/h1-8H,(H,14,15,16). The largest absolute Gasteiger partial charge is 0.294 e. The number of hydrogen-bond donors (Lipinski definition) is 1. The molecule has 0 saturated carbocycles. The smallest absolute Gasteiger partial charge is 0.282 e. The van der Waals surface area contributed by atoms with E-state index in [4.69, 9.17) is 4.55 Å². The molecule has 0 aliphatic heterocycles. The monoisotopic (exact) mass is 252 g/mol. The van der Waals surface area contributed by atoms with Crippen molar-refractivity contribution in [3.05, 3.63) is 54.3 Å². The van der Waals surface area contributed by atoms with E-state index in [1.165, 1.54) is 12.1 Å². The summed E-state index contributed by atoms with van der Waals surface area (Å²) in [5.41, 5.74) is 0.935. The van der Waals surface area contributed by atoms with Crippen LogP contribution in [0.5, 0.6) is 0 Å². The second-order valence-electron chi connectivity index (χ2n) is 3.48. The third-order valence-electron chi connectivity index (χ3n) is 2.32. The molecule has 2 aromatic carbocycles. The van der Waals surface area contributed by atoms with E-state index in [-0.39, 0.29) is 5.56 Å². The molecule has 5 heteroatoms. The molecule has 88 valence electrons. The molecule has 17 heavy (non-hydrogen) atoms. The van der Waals surface area contributed by atoms with Gasteiger partial charge in [-0.2, -0.15) is 8.42 Å². The van der Waals surface area contributed by atoms with Crippen molar-refractivity contribution >= 4 is 10.1 Å². The van der Waals surface area contributed by atoms with Gasteiger partial charge in [0.2, 0.25) is 0 Å². The SMILES string of the molecule is O=S(=O)(O)c1ccc(-c2ccccc2)c(F)c1. The topological polar surface area (TPSA) is 54.4 Å². The zero-order chi connectivity index (χ0) is 12.5. The highest BCUT2D eigenvalue weighted by atomic mass is 32.2. The fourth-order valence-corrected chi connectivity index (χ4v) is 2.00. The molecule has 0 atom stereocenters. The maximum atomic E-state index is 13.7. The van der Waals surface area contributed by atoms with Crippen molar-refractivity contribution in [1.29, 1.82) is 0 Å². The summed E-state index contributed by atoms with van der Waals surface area (Å²) in [4.78, 5) is -0.449. The third kappa shape index (κ3) is 2.51. The first-order valence-corrected chi connectivity index (χ1v) is 6.25. The molecule has 0 spiro atoms. The molecule has 0 aromatic heterocycles. The van der Waals surface area contributed by atoms with E-state index >= 15 is 0 Å². The number of benzene rings is 2. The summed E-state index contributed by atoms with van der Waals surface area (Å²) in [6.07, 6.45) is 0. The van der Waals surface area contributed by atoms with E-state index in [9.17, 15) is 12.8 Å². The molecule has 0 bridgehead atoms. The third-order valence-corrected chi connectivity index (χ3v) is 3.17. The van der Waals surface area contributed by atoms with E-state index in [2.05, 4.69) is 0 Å². The minimum Gasteiger partial charge on any atom is -0.282 e. The zero-order valence-corrected chi connectivity index (χ0v) is 9.49. The normalized spacial score (nSPS) is 11.4. The summed E-state index contributed by atoms with van der Waals surface area (Å²) >= 11 is 0. The van der Waals surface area contributed by atoms with Gasteiger partial charge in [-0.15, -0.1) is 0 Å². The summed E-state index contributed by atoms with van der Waals surface area (Å²) < 4.78 is 44.1. The molecule has 0 amide bonds. The highest BCUT2D eigenvalue weighted by molar-refractivity contribution is 7.85. The first-order valence-electron chi connectivity index (χ1n) is 4.81. The van der Waals surface area contributed by atoms with Crippen molar-refractivity contribution in [2.45, 2.75) is 4.90 Å². The van der Waals surface area contributed by atoms with Gasteiger partial charge < -0.3 is 0 Å². The molecule has 0 heterocycles. The van der Waals surface area contributed by atoms with Crippen molar-refractivity contribution in [2.24, 2.45) is 0 Å². The molecule has 0 fully saturated rings. The molecule has 0 radical (unpaired) electrons. The first kappa shape index (κ1) is 11.8. The summed E-state index contributed by atoms with van der Waals surface area (Å²) in [7, 11) is -4.36.